The molecule has 0 bridgehead atoms. The van der Waals surface area contributed by atoms with Crippen molar-refractivity contribution < 1.29 is 44.2 Å². The van der Waals surface area contributed by atoms with Gasteiger partial charge in [-0.2, -0.15) is 26.2 Å². The molecule has 0 spiro atoms. The number of aryl methyl sites for hydroxylation is 1. The number of benzene rings is 3. The van der Waals surface area contributed by atoms with E-state index in [1.807, 2.05) is 12.1 Å². The second-order valence-electron chi connectivity index (χ2n) is 9.14. The summed E-state index contributed by atoms with van der Waals surface area (Å²) >= 11 is 0. The van der Waals surface area contributed by atoms with Crippen LogP contribution in [0.2, 0.25) is 0 Å². The normalized spacial score (nSPS) is 15.4. The van der Waals surface area contributed by atoms with Gasteiger partial charge in [-0.3, -0.25) is 9.08 Å². The SMILES string of the molecule is COS(=O)(=O)C(F)(F)F.C[n+]1c2c3c(cccc3c3ccc(CN4CCOCC4)cc31)Oc1ccc(F)cc1-2. The molecule has 3 aromatic carbocycles. The van der Waals surface area contributed by atoms with Crippen molar-refractivity contribution in [2.24, 2.45) is 7.05 Å². The fraction of sp³-hybridized carbons (Fsp3) is 0.296. The molecule has 0 unspecified atom stereocenters. The topological polar surface area (TPSA) is 69.0 Å². The molecule has 0 N–H and O–H groups in total. The second kappa shape index (κ2) is 10.3. The first-order valence-electron chi connectivity index (χ1n) is 12.0. The fourth-order valence-corrected chi connectivity index (χ4v) is 5.06. The molecule has 1 aromatic heterocycles. The Labute approximate surface area is 222 Å². The maximum absolute atomic E-state index is 14.1. The van der Waals surface area contributed by atoms with Crippen molar-refractivity contribution in [3.8, 4) is 22.8 Å². The van der Waals surface area contributed by atoms with Crippen LogP contribution in [0.1, 0.15) is 5.56 Å². The largest absolute Gasteiger partial charge is 0.523 e. The zero-order valence-electron chi connectivity index (χ0n) is 21.1. The average molecular weight is 566 g/mol. The highest BCUT2D eigenvalue weighted by molar-refractivity contribution is 7.87. The van der Waals surface area contributed by atoms with E-state index >= 15 is 0 Å². The number of hydrogen-bond donors (Lipinski definition) is 0. The molecule has 0 atom stereocenters. The van der Waals surface area contributed by atoms with Crippen LogP contribution < -0.4 is 9.30 Å². The number of alkyl halides is 3. The van der Waals surface area contributed by atoms with Gasteiger partial charge in [-0.05, 0) is 35.9 Å². The minimum absolute atomic E-state index is 0.258. The third-order valence-electron chi connectivity index (χ3n) is 6.74. The molecule has 0 saturated carbocycles. The summed E-state index contributed by atoms with van der Waals surface area (Å²) in [5.41, 5.74) is -1.10. The highest BCUT2D eigenvalue weighted by Crippen LogP contribution is 2.46. The number of pyridine rings is 1. The smallest absolute Gasteiger partial charge is 0.456 e. The third-order valence-corrected chi connectivity index (χ3v) is 7.75. The first kappa shape index (κ1) is 27.3. The van der Waals surface area contributed by atoms with Crippen molar-refractivity contribution in [3.63, 3.8) is 0 Å². The number of morpholine rings is 1. The molecular weight excluding hydrogens is 540 g/mol. The van der Waals surface area contributed by atoms with Gasteiger partial charge in [0.15, 0.2) is 0 Å². The molecule has 1 fully saturated rings. The Balaban J connectivity index is 0.000000298. The summed E-state index contributed by atoms with van der Waals surface area (Å²) in [6.45, 7) is 4.41. The van der Waals surface area contributed by atoms with E-state index in [0.29, 0.717) is 12.9 Å². The van der Waals surface area contributed by atoms with Crippen molar-refractivity contribution in [1.29, 1.82) is 0 Å². The minimum atomic E-state index is -5.34. The number of ether oxygens (including phenoxy) is 2. The first-order chi connectivity index (χ1) is 18.5. The number of fused-ring (bicyclic) bond motifs is 4. The van der Waals surface area contributed by atoms with Gasteiger partial charge in [-0.15, -0.1) is 0 Å². The van der Waals surface area contributed by atoms with Gasteiger partial charge in [0.25, 0.3) is 0 Å². The lowest BCUT2D eigenvalue weighted by molar-refractivity contribution is -0.632. The molecular formula is C27H25F4N2O5S+. The zero-order valence-corrected chi connectivity index (χ0v) is 21.9. The summed E-state index contributed by atoms with van der Waals surface area (Å²) in [5, 5.41) is 3.34. The summed E-state index contributed by atoms with van der Waals surface area (Å²) < 4.78 is 83.8. The van der Waals surface area contributed by atoms with E-state index < -0.39 is 15.6 Å². The van der Waals surface area contributed by atoms with Crippen LogP contribution in [0.5, 0.6) is 11.5 Å². The Kier molecular flexibility index (Phi) is 7.23. The van der Waals surface area contributed by atoms with Crippen molar-refractivity contribution in [1.82, 2.24) is 4.90 Å². The van der Waals surface area contributed by atoms with Crippen LogP contribution in [0.15, 0.2) is 54.6 Å². The molecule has 3 heterocycles. The average Bonchev–Trinajstić information content (AvgIpc) is 2.91. The Morgan fingerprint density at radius 1 is 1.00 bits per heavy atom. The standard InChI is InChI=1S/C25H22FN2O2.C2H3F3O3S/c1-27-21-13-16(15-28-9-11-29-12-10-28)5-7-18(21)19-3-2-4-23-24(19)25(27)20-14-17(26)6-8-22(20)30-23;1-8-9(6,7)2(3,4)5/h2-8,13-14H,9-12,15H2,1H3;1H3/q+1;. The molecule has 4 aromatic rings. The maximum atomic E-state index is 14.1. The van der Waals surface area contributed by atoms with Crippen molar-refractivity contribution in [2.45, 2.75) is 12.1 Å². The summed E-state index contributed by atoms with van der Waals surface area (Å²) in [5.74, 6) is 1.25. The fourth-order valence-electron chi connectivity index (χ4n) is 4.88. The highest BCUT2D eigenvalue weighted by atomic mass is 32.2. The van der Waals surface area contributed by atoms with Crippen LogP contribution in [0.25, 0.3) is 32.9 Å². The van der Waals surface area contributed by atoms with Gasteiger partial charge in [0, 0.05) is 31.1 Å². The van der Waals surface area contributed by atoms with Crippen LogP contribution in [-0.4, -0.2) is 52.2 Å². The number of nitrogens with zero attached hydrogens (tertiary/aromatic N) is 2. The van der Waals surface area contributed by atoms with E-state index in [0.717, 1.165) is 66.1 Å². The first-order valence-corrected chi connectivity index (χ1v) is 13.4. The summed E-state index contributed by atoms with van der Waals surface area (Å²) in [6.07, 6.45) is 0. The second-order valence-corrected chi connectivity index (χ2v) is 10.8. The van der Waals surface area contributed by atoms with Crippen molar-refractivity contribution >= 4 is 31.8 Å². The highest BCUT2D eigenvalue weighted by Gasteiger charge is 2.46. The summed E-state index contributed by atoms with van der Waals surface area (Å²) in [7, 11) is -2.83. The van der Waals surface area contributed by atoms with Crippen LogP contribution >= 0.6 is 0 Å². The van der Waals surface area contributed by atoms with Gasteiger partial charge in [0.05, 0.1) is 36.7 Å². The lowest BCUT2D eigenvalue weighted by Gasteiger charge is -2.26. The van der Waals surface area contributed by atoms with Crippen molar-refractivity contribution in [2.75, 3.05) is 33.4 Å². The van der Waals surface area contributed by atoms with Gasteiger partial charge < -0.3 is 9.47 Å². The van der Waals surface area contributed by atoms with E-state index in [4.69, 9.17) is 9.47 Å². The third kappa shape index (κ3) is 5.17. The molecule has 7 nitrogen and oxygen atoms in total. The van der Waals surface area contributed by atoms with Gasteiger partial charge in [-0.1, -0.05) is 18.2 Å². The molecule has 12 heteroatoms. The lowest BCUT2D eigenvalue weighted by atomic mass is 9.95. The Hall–Kier alpha value is -3.32. The number of rotatable bonds is 3. The maximum Gasteiger partial charge on any atom is 0.523 e. The minimum Gasteiger partial charge on any atom is -0.456 e. The van der Waals surface area contributed by atoms with Gasteiger partial charge in [0.2, 0.25) is 11.2 Å². The molecule has 0 aliphatic carbocycles. The van der Waals surface area contributed by atoms with Crippen molar-refractivity contribution in [3.05, 3.63) is 66.0 Å². The van der Waals surface area contributed by atoms with Crippen LogP contribution in [-0.2, 0) is 32.6 Å². The van der Waals surface area contributed by atoms with E-state index in [9.17, 15) is 26.0 Å². The molecule has 2 aliphatic rings. The molecule has 39 heavy (non-hydrogen) atoms. The number of halogens is 4. The molecule has 1 saturated heterocycles. The summed E-state index contributed by atoms with van der Waals surface area (Å²) in [4.78, 5) is 2.42. The van der Waals surface area contributed by atoms with E-state index in [-0.39, 0.29) is 5.82 Å². The Morgan fingerprint density at radius 3 is 2.41 bits per heavy atom. The van der Waals surface area contributed by atoms with Gasteiger partial charge in [-0.25, -0.2) is 4.39 Å². The quantitative estimate of drug-likeness (QED) is 0.100. The van der Waals surface area contributed by atoms with Gasteiger partial charge in [0.1, 0.15) is 24.4 Å². The molecule has 0 radical (unpaired) electrons. The monoisotopic (exact) mass is 565 g/mol. The van der Waals surface area contributed by atoms with E-state index in [2.05, 4.69) is 45.0 Å². The van der Waals surface area contributed by atoms with Gasteiger partial charge >= 0.3 is 15.6 Å². The predicted octanol–water partition coefficient (Wildman–Crippen LogP) is 5.04. The molecule has 0 amide bonds. The van der Waals surface area contributed by atoms with Crippen LogP contribution in [0, 0.1) is 5.82 Å². The molecule has 206 valence electrons. The predicted molar refractivity (Wildman–Crippen MR) is 136 cm³/mol. The van der Waals surface area contributed by atoms with Crippen LogP contribution in [0.4, 0.5) is 17.6 Å². The molecule has 6 rings (SSSR count). The number of aromatic nitrogens is 1. The van der Waals surface area contributed by atoms with E-state index in [1.54, 1.807) is 12.1 Å². The summed E-state index contributed by atoms with van der Waals surface area (Å²) in [6, 6.07) is 17.6. The van der Waals surface area contributed by atoms with E-state index in [1.165, 1.54) is 17.0 Å². The zero-order chi connectivity index (χ0) is 27.9. The Bertz CT molecular complexity index is 1670. The Morgan fingerprint density at radius 2 is 1.74 bits per heavy atom. The van der Waals surface area contributed by atoms with Crippen LogP contribution in [0.3, 0.4) is 0 Å². The number of hydrogen-bond acceptors (Lipinski definition) is 6. The molecule has 2 aliphatic heterocycles. The lowest BCUT2D eigenvalue weighted by Crippen LogP contribution is -2.36.